The van der Waals surface area contributed by atoms with E-state index in [2.05, 4.69) is 20.9 Å². The van der Waals surface area contributed by atoms with Gasteiger partial charge in [-0.3, -0.25) is 25.2 Å². The van der Waals surface area contributed by atoms with Crippen molar-refractivity contribution in [1.82, 2.24) is 5.43 Å². The Hall–Kier alpha value is -3.07. The van der Waals surface area contributed by atoms with Crippen LogP contribution in [0.25, 0.3) is 0 Å². The van der Waals surface area contributed by atoms with Gasteiger partial charge in [-0.05, 0) is 55.3 Å². The van der Waals surface area contributed by atoms with Crippen LogP contribution in [0.5, 0.6) is 0 Å². The molecule has 0 aliphatic carbocycles. The minimum absolute atomic E-state index is 0.0762. The molecule has 0 unspecified atom stereocenters. The lowest BCUT2D eigenvalue weighted by Crippen LogP contribution is -2.19. The van der Waals surface area contributed by atoms with Crippen LogP contribution in [0.1, 0.15) is 11.1 Å². The van der Waals surface area contributed by atoms with Crippen LogP contribution in [0.4, 0.5) is 17.1 Å². The Morgan fingerprint density at radius 3 is 2.12 bits per heavy atom. The second-order valence-electron chi connectivity index (χ2n) is 5.21. The van der Waals surface area contributed by atoms with Crippen LogP contribution in [0.2, 0.25) is 0 Å². The predicted octanol–water partition coefficient (Wildman–Crippen LogP) is 1.75. The minimum Gasteiger partial charge on any atom is -0.328 e. The summed E-state index contributed by atoms with van der Waals surface area (Å²) in [7, 11) is -3.83. The molecule has 2 aromatic carbocycles. The number of benzene rings is 2. The monoisotopic (exact) mass is 362 g/mol. The minimum atomic E-state index is -3.83. The van der Waals surface area contributed by atoms with Gasteiger partial charge < -0.3 is 5.32 Å². The van der Waals surface area contributed by atoms with Crippen LogP contribution >= 0.6 is 0 Å². The number of hydrazine groups is 1. The van der Waals surface area contributed by atoms with Crippen LogP contribution in [-0.4, -0.2) is 21.2 Å². The van der Waals surface area contributed by atoms with E-state index in [1.54, 1.807) is 44.2 Å². The van der Waals surface area contributed by atoms with Crippen molar-refractivity contribution in [2.45, 2.75) is 18.7 Å². The number of carbonyl (C=O) groups is 2. The molecular weight excluding hydrogens is 344 g/mol. The number of nitrogens with one attached hydrogen (secondary N) is 4. The summed E-state index contributed by atoms with van der Waals surface area (Å²) < 4.78 is 27.8. The summed E-state index contributed by atoms with van der Waals surface area (Å²) in [5, 5.41) is 2.53. The number of anilines is 3. The highest BCUT2D eigenvalue weighted by Gasteiger charge is 2.20. The van der Waals surface area contributed by atoms with Crippen molar-refractivity contribution in [3.63, 3.8) is 0 Å². The van der Waals surface area contributed by atoms with Crippen molar-refractivity contribution in [3.05, 3.63) is 47.5 Å². The first-order valence-corrected chi connectivity index (χ1v) is 8.76. The van der Waals surface area contributed by atoms with E-state index < -0.39 is 10.0 Å². The summed E-state index contributed by atoms with van der Waals surface area (Å²) in [6.07, 6.45) is 1.000. The Morgan fingerprint density at radius 1 is 0.880 bits per heavy atom. The molecule has 0 radical (unpaired) electrons. The fraction of sp³-hybridized carbons (Fsp3) is 0.125. The Morgan fingerprint density at radius 2 is 1.52 bits per heavy atom. The molecule has 0 spiro atoms. The molecule has 2 rings (SSSR count). The van der Waals surface area contributed by atoms with E-state index in [9.17, 15) is 18.0 Å². The summed E-state index contributed by atoms with van der Waals surface area (Å²) >= 11 is 0. The summed E-state index contributed by atoms with van der Waals surface area (Å²) in [6.45, 7) is 3.41. The number of amides is 2. The van der Waals surface area contributed by atoms with E-state index in [1.165, 1.54) is 6.07 Å². The van der Waals surface area contributed by atoms with E-state index in [0.717, 1.165) is 5.56 Å². The van der Waals surface area contributed by atoms with Crippen molar-refractivity contribution in [2.75, 3.05) is 15.5 Å². The molecule has 0 aromatic heterocycles. The molecular formula is C16H18N4O4S. The molecule has 0 heterocycles. The van der Waals surface area contributed by atoms with E-state index in [-0.39, 0.29) is 4.90 Å². The summed E-state index contributed by atoms with van der Waals surface area (Å²) in [5.74, 6) is 0. The molecule has 0 saturated heterocycles. The van der Waals surface area contributed by atoms with Gasteiger partial charge in [-0.2, -0.15) is 0 Å². The Kier molecular flexibility index (Phi) is 5.60. The largest absolute Gasteiger partial charge is 0.328 e. The zero-order valence-corrected chi connectivity index (χ0v) is 14.5. The van der Waals surface area contributed by atoms with Gasteiger partial charge >= 0.3 is 0 Å². The number of sulfonamides is 1. The smallest absolute Gasteiger partial charge is 0.262 e. The van der Waals surface area contributed by atoms with E-state index in [0.29, 0.717) is 35.4 Å². The lowest BCUT2D eigenvalue weighted by Gasteiger charge is -2.15. The highest BCUT2D eigenvalue weighted by molar-refractivity contribution is 7.92. The average Bonchev–Trinajstić information content (AvgIpc) is 2.57. The quantitative estimate of drug-likeness (QED) is 0.422. The summed E-state index contributed by atoms with van der Waals surface area (Å²) in [6, 6.07) is 9.45. The molecule has 2 amide bonds. The molecule has 8 nitrogen and oxygen atoms in total. The van der Waals surface area contributed by atoms with E-state index >= 15 is 0 Å². The molecule has 132 valence electrons. The van der Waals surface area contributed by atoms with Crippen molar-refractivity contribution < 1.29 is 18.0 Å². The first-order chi connectivity index (χ1) is 11.9. The van der Waals surface area contributed by atoms with Gasteiger partial charge in [-0.15, -0.1) is 0 Å². The standard InChI is InChI=1S/C16H18N4O4S/c1-11-3-8-15(12(2)16(11)17-9-21)25(23,24)20-14-6-4-13(5-7-14)19-18-10-22/h3-10,19-20H,1-2H3,(H,17,21)(H,18,22). The Bertz CT molecular complexity index is 880. The average molecular weight is 362 g/mol. The molecule has 0 aliphatic rings. The van der Waals surface area contributed by atoms with E-state index in [4.69, 9.17) is 0 Å². The van der Waals surface area contributed by atoms with Crippen molar-refractivity contribution in [1.29, 1.82) is 0 Å². The maximum atomic E-state index is 12.6. The number of hydrogen-bond acceptors (Lipinski definition) is 5. The predicted molar refractivity (Wildman–Crippen MR) is 95.7 cm³/mol. The molecule has 2 aromatic rings. The molecule has 0 atom stereocenters. The van der Waals surface area contributed by atoms with Gasteiger partial charge in [0.2, 0.25) is 12.8 Å². The van der Waals surface area contributed by atoms with Gasteiger partial charge in [0.15, 0.2) is 0 Å². The maximum absolute atomic E-state index is 12.6. The molecule has 0 aliphatic heterocycles. The fourth-order valence-corrected chi connectivity index (χ4v) is 3.65. The van der Waals surface area contributed by atoms with Gasteiger partial charge in [-0.25, -0.2) is 8.42 Å². The van der Waals surface area contributed by atoms with Crippen LogP contribution in [0.3, 0.4) is 0 Å². The third-order valence-corrected chi connectivity index (χ3v) is 5.05. The third kappa shape index (κ3) is 4.27. The molecule has 0 saturated carbocycles. The SMILES string of the molecule is Cc1ccc(S(=O)(=O)Nc2ccc(NNC=O)cc2)c(C)c1NC=O. The second-order valence-corrected chi connectivity index (χ2v) is 6.86. The highest BCUT2D eigenvalue weighted by atomic mass is 32.2. The molecule has 0 bridgehead atoms. The second kappa shape index (κ2) is 7.67. The van der Waals surface area contributed by atoms with Crippen LogP contribution in [0.15, 0.2) is 41.3 Å². The first-order valence-electron chi connectivity index (χ1n) is 7.27. The van der Waals surface area contributed by atoms with Gasteiger partial charge in [0, 0.05) is 11.4 Å². The van der Waals surface area contributed by atoms with Gasteiger partial charge in [0.1, 0.15) is 0 Å². The van der Waals surface area contributed by atoms with Crippen LogP contribution in [-0.2, 0) is 19.6 Å². The summed E-state index contributed by atoms with van der Waals surface area (Å²) in [5.41, 5.74) is 7.55. The fourth-order valence-electron chi connectivity index (χ4n) is 2.34. The topological polar surface area (TPSA) is 116 Å². The highest BCUT2D eigenvalue weighted by Crippen LogP contribution is 2.28. The molecule has 25 heavy (non-hydrogen) atoms. The van der Waals surface area contributed by atoms with Crippen molar-refractivity contribution >= 4 is 39.9 Å². The Labute approximate surface area is 145 Å². The van der Waals surface area contributed by atoms with Crippen molar-refractivity contribution in [3.8, 4) is 0 Å². The third-order valence-electron chi connectivity index (χ3n) is 3.53. The van der Waals surface area contributed by atoms with Crippen LogP contribution < -0.4 is 20.9 Å². The van der Waals surface area contributed by atoms with Crippen LogP contribution in [0, 0.1) is 13.8 Å². The van der Waals surface area contributed by atoms with Gasteiger partial charge in [0.05, 0.1) is 10.6 Å². The number of hydrogen-bond donors (Lipinski definition) is 4. The van der Waals surface area contributed by atoms with Gasteiger partial charge in [0.25, 0.3) is 10.0 Å². The molecule has 0 fully saturated rings. The lowest BCUT2D eigenvalue weighted by molar-refractivity contribution is -0.109. The zero-order valence-electron chi connectivity index (χ0n) is 13.7. The summed E-state index contributed by atoms with van der Waals surface area (Å²) in [4.78, 5) is 21.0. The molecule has 4 N–H and O–H groups in total. The first kappa shape index (κ1) is 18.3. The number of aryl methyl sites for hydroxylation is 1. The molecule has 9 heteroatoms. The lowest BCUT2D eigenvalue weighted by atomic mass is 10.1. The van der Waals surface area contributed by atoms with Crippen molar-refractivity contribution in [2.24, 2.45) is 0 Å². The zero-order chi connectivity index (χ0) is 18.4. The van der Waals surface area contributed by atoms with Gasteiger partial charge in [-0.1, -0.05) is 6.07 Å². The number of rotatable bonds is 8. The Balaban J connectivity index is 2.29. The maximum Gasteiger partial charge on any atom is 0.262 e. The normalized spacial score (nSPS) is 10.6. The van der Waals surface area contributed by atoms with E-state index in [1.807, 2.05) is 0 Å². The number of carbonyl (C=O) groups excluding carboxylic acids is 2.